The molecular weight excluding hydrogens is 90.1 g/mol. The molecule has 0 aromatic carbocycles. The molecule has 0 aromatic heterocycles. The molecule has 0 rings (SSSR count). The van der Waals surface area contributed by atoms with Gasteiger partial charge in [-0.05, 0) is 6.42 Å². The Bertz CT molecular complexity index is 82.9. The van der Waals surface area contributed by atoms with Crippen molar-refractivity contribution in [2.45, 2.75) is 19.5 Å². The van der Waals surface area contributed by atoms with Gasteiger partial charge in [-0.3, -0.25) is 0 Å². The molecule has 0 fully saturated rings. The number of hydrogen-bond acceptors (Lipinski definition) is 3. The van der Waals surface area contributed by atoms with Crippen molar-refractivity contribution in [1.29, 1.82) is 5.41 Å². The SMILES string of the molecule is CCC(N)N=C=N. The van der Waals surface area contributed by atoms with E-state index in [1.165, 1.54) is 0 Å². The Kier molecular flexibility index (Phi) is 3.19. The van der Waals surface area contributed by atoms with E-state index in [0.29, 0.717) is 0 Å². The van der Waals surface area contributed by atoms with Crippen LogP contribution in [0.1, 0.15) is 13.3 Å². The summed E-state index contributed by atoms with van der Waals surface area (Å²) in [7, 11) is 0. The van der Waals surface area contributed by atoms with E-state index in [1.54, 1.807) is 0 Å². The lowest BCUT2D eigenvalue weighted by Gasteiger charge is -1.93. The first-order chi connectivity index (χ1) is 3.31. The van der Waals surface area contributed by atoms with Crippen molar-refractivity contribution in [1.82, 2.24) is 0 Å². The molecule has 3 heteroatoms. The predicted molar refractivity (Wildman–Crippen MR) is 28.4 cm³/mol. The Labute approximate surface area is 42.8 Å². The first-order valence-electron chi connectivity index (χ1n) is 2.18. The zero-order chi connectivity index (χ0) is 5.70. The van der Waals surface area contributed by atoms with Gasteiger partial charge in [-0.1, -0.05) is 6.92 Å². The number of hydrogen-bond donors (Lipinski definition) is 2. The van der Waals surface area contributed by atoms with Gasteiger partial charge in [-0.2, -0.15) is 0 Å². The Balaban J connectivity index is 3.35. The van der Waals surface area contributed by atoms with Crippen molar-refractivity contribution in [3.63, 3.8) is 0 Å². The highest BCUT2D eigenvalue weighted by Gasteiger charge is 1.87. The minimum atomic E-state index is -0.225. The summed E-state index contributed by atoms with van der Waals surface area (Å²) >= 11 is 0. The summed E-state index contributed by atoms with van der Waals surface area (Å²) in [6.45, 7) is 1.91. The van der Waals surface area contributed by atoms with Gasteiger partial charge in [0, 0.05) is 0 Å². The minimum Gasteiger partial charge on any atom is -0.309 e. The largest absolute Gasteiger partial charge is 0.309 e. The van der Waals surface area contributed by atoms with Crippen molar-refractivity contribution in [2.24, 2.45) is 10.7 Å². The van der Waals surface area contributed by atoms with Crippen LogP contribution >= 0.6 is 0 Å². The molecule has 3 N–H and O–H groups in total. The Hall–Kier alpha value is -0.660. The molecule has 3 nitrogen and oxygen atoms in total. The number of nitrogens with zero attached hydrogens (tertiary/aromatic N) is 1. The van der Waals surface area contributed by atoms with Crippen molar-refractivity contribution < 1.29 is 0 Å². The molecule has 0 heterocycles. The smallest absolute Gasteiger partial charge is 0.108 e. The topological polar surface area (TPSA) is 62.2 Å². The highest BCUT2D eigenvalue weighted by atomic mass is 14.9. The fraction of sp³-hybridized carbons (Fsp3) is 0.750. The third kappa shape index (κ3) is 3.16. The summed E-state index contributed by atoms with van der Waals surface area (Å²) < 4.78 is 0. The van der Waals surface area contributed by atoms with Crippen LogP contribution in [0.2, 0.25) is 0 Å². The summed E-state index contributed by atoms with van der Waals surface area (Å²) in [5.41, 5.74) is 5.23. The standard InChI is InChI=1S/C4H9N3/c1-2-4(6)7-3-5/h4-5H,2,6H2,1H3. The molecule has 0 saturated heterocycles. The number of nitrogens with two attached hydrogens (primary N) is 1. The Morgan fingerprint density at radius 3 is 2.71 bits per heavy atom. The first-order valence-corrected chi connectivity index (χ1v) is 2.18. The fourth-order valence-electron chi connectivity index (χ4n) is 0.174. The van der Waals surface area contributed by atoms with Crippen LogP contribution < -0.4 is 5.73 Å². The van der Waals surface area contributed by atoms with E-state index < -0.39 is 0 Å². The van der Waals surface area contributed by atoms with Crippen molar-refractivity contribution >= 4 is 6.01 Å². The third-order valence-electron chi connectivity index (χ3n) is 0.649. The van der Waals surface area contributed by atoms with Gasteiger partial charge in [0.2, 0.25) is 0 Å². The minimum absolute atomic E-state index is 0.225. The second-order valence-corrected chi connectivity index (χ2v) is 1.22. The molecule has 0 radical (unpaired) electrons. The molecular formula is C4H9N3. The number of aliphatic imine (C=N–C) groups is 1. The average molecular weight is 99.1 g/mol. The summed E-state index contributed by atoms with van der Waals surface area (Å²) in [6, 6.07) is 1.87. The summed E-state index contributed by atoms with van der Waals surface area (Å²) in [4.78, 5) is 3.44. The molecule has 0 spiro atoms. The van der Waals surface area contributed by atoms with Crippen LogP contribution in [-0.4, -0.2) is 12.2 Å². The van der Waals surface area contributed by atoms with Crippen LogP contribution in [0.15, 0.2) is 4.99 Å². The summed E-state index contributed by atoms with van der Waals surface area (Å²) in [6.07, 6.45) is 0.545. The lowest BCUT2D eigenvalue weighted by Crippen LogP contribution is -2.14. The molecule has 0 aliphatic heterocycles. The maximum absolute atomic E-state index is 6.34. The Morgan fingerprint density at radius 1 is 2.00 bits per heavy atom. The lowest BCUT2D eigenvalue weighted by atomic mass is 10.4. The molecule has 0 aliphatic carbocycles. The van der Waals surface area contributed by atoms with Gasteiger partial charge in [0.1, 0.15) is 6.17 Å². The molecule has 40 valence electrons. The first kappa shape index (κ1) is 6.34. The molecule has 0 aliphatic rings. The average Bonchev–Trinajstić information content (AvgIpc) is 1.68. The fourth-order valence-corrected chi connectivity index (χ4v) is 0.174. The highest BCUT2D eigenvalue weighted by Crippen LogP contribution is 1.82. The van der Waals surface area contributed by atoms with E-state index in [-0.39, 0.29) is 6.17 Å². The quantitative estimate of drug-likeness (QED) is 0.484. The molecule has 0 amide bonds. The van der Waals surface area contributed by atoms with Crippen LogP contribution in [0, 0.1) is 5.41 Å². The van der Waals surface area contributed by atoms with E-state index in [4.69, 9.17) is 11.1 Å². The van der Waals surface area contributed by atoms with Gasteiger partial charge in [0.25, 0.3) is 0 Å². The van der Waals surface area contributed by atoms with Crippen molar-refractivity contribution in [2.75, 3.05) is 0 Å². The van der Waals surface area contributed by atoms with Gasteiger partial charge in [0.15, 0.2) is 0 Å². The van der Waals surface area contributed by atoms with Crippen LogP contribution in [-0.2, 0) is 0 Å². The highest BCUT2D eigenvalue weighted by molar-refractivity contribution is 5.36. The third-order valence-corrected chi connectivity index (χ3v) is 0.649. The zero-order valence-electron chi connectivity index (χ0n) is 4.31. The van der Waals surface area contributed by atoms with Gasteiger partial charge in [-0.15, -0.1) is 0 Å². The predicted octanol–water partition coefficient (Wildman–Crippen LogP) is 0.434. The normalized spacial score (nSPS) is 12.3. The maximum atomic E-state index is 6.34. The number of rotatable bonds is 2. The van der Waals surface area contributed by atoms with Gasteiger partial charge in [-0.25, -0.2) is 10.4 Å². The molecule has 7 heavy (non-hydrogen) atoms. The molecule has 1 unspecified atom stereocenters. The second-order valence-electron chi connectivity index (χ2n) is 1.22. The van der Waals surface area contributed by atoms with Crippen LogP contribution in [0.3, 0.4) is 0 Å². The van der Waals surface area contributed by atoms with E-state index in [2.05, 4.69) is 4.99 Å². The van der Waals surface area contributed by atoms with Crippen molar-refractivity contribution in [3.05, 3.63) is 0 Å². The lowest BCUT2D eigenvalue weighted by molar-refractivity contribution is 0.687. The number of nitrogens with one attached hydrogen (secondary N) is 1. The van der Waals surface area contributed by atoms with Gasteiger partial charge in [0.05, 0.1) is 6.01 Å². The maximum Gasteiger partial charge on any atom is 0.108 e. The Morgan fingerprint density at radius 2 is 2.57 bits per heavy atom. The van der Waals surface area contributed by atoms with E-state index in [0.717, 1.165) is 6.42 Å². The molecule has 0 aromatic rings. The summed E-state index contributed by atoms with van der Waals surface area (Å²) in [5, 5.41) is 6.34. The van der Waals surface area contributed by atoms with E-state index in [9.17, 15) is 0 Å². The zero-order valence-corrected chi connectivity index (χ0v) is 4.31. The molecule has 0 saturated carbocycles. The van der Waals surface area contributed by atoms with Crippen LogP contribution in [0.5, 0.6) is 0 Å². The monoisotopic (exact) mass is 99.1 g/mol. The van der Waals surface area contributed by atoms with E-state index in [1.807, 2.05) is 12.9 Å². The summed E-state index contributed by atoms with van der Waals surface area (Å²) in [5.74, 6) is 0. The van der Waals surface area contributed by atoms with Crippen LogP contribution in [0.25, 0.3) is 0 Å². The van der Waals surface area contributed by atoms with Gasteiger partial charge < -0.3 is 5.73 Å². The van der Waals surface area contributed by atoms with E-state index >= 15 is 0 Å². The second kappa shape index (κ2) is 3.53. The van der Waals surface area contributed by atoms with Crippen molar-refractivity contribution in [3.8, 4) is 0 Å². The molecule has 0 bridgehead atoms. The van der Waals surface area contributed by atoms with Gasteiger partial charge >= 0.3 is 0 Å². The van der Waals surface area contributed by atoms with Crippen LogP contribution in [0.4, 0.5) is 0 Å². The molecule has 1 atom stereocenters.